The van der Waals surface area contributed by atoms with Crippen LogP contribution in [0.4, 0.5) is 0 Å². The van der Waals surface area contributed by atoms with E-state index in [2.05, 4.69) is 4.98 Å². The van der Waals surface area contributed by atoms with Gasteiger partial charge in [0.05, 0.1) is 5.69 Å². The highest BCUT2D eigenvalue weighted by Crippen LogP contribution is 2.22. The third-order valence-electron chi connectivity index (χ3n) is 2.07. The summed E-state index contributed by atoms with van der Waals surface area (Å²) >= 11 is 5.76. The summed E-state index contributed by atoms with van der Waals surface area (Å²) in [5.74, 6) is 0. The van der Waals surface area contributed by atoms with Gasteiger partial charge in [0.1, 0.15) is 5.02 Å². The van der Waals surface area contributed by atoms with Crippen LogP contribution in [-0.2, 0) is 5.41 Å². The fourth-order valence-electron chi connectivity index (χ4n) is 1.04. The highest BCUT2D eigenvalue weighted by atomic mass is 35.5. The molecule has 78 valence electrons. The van der Waals surface area contributed by atoms with E-state index in [1.807, 2.05) is 4.98 Å². The zero-order chi connectivity index (χ0) is 10.9. The van der Waals surface area contributed by atoms with E-state index < -0.39 is 16.7 Å². The molecule has 4 N–H and O–H groups in total. The smallest absolute Gasteiger partial charge is 0.325 e. The fraction of sp³-hybridized carbons (Fsp3) is 0.500. The Morgan fingerprint density at radius 1 is 1.36 bits per heavy atom. The molecule has 1 rings (SSSR count). The molecule has 0 aliphatic carbocycles. The first kappa shape index (κ1) is 11.0. The maximum atomic E-state index is 11.2. The van der Waals surface area contributed by atoms with Gasteiger partial charge in [-0.1, -0.05) is 25.4 Å². The van der Waals surface area contributed by atoms with Crippen molar-refractivity contribution in [1.82, 2.24) is 9.97 Å². The second kappa shape index (κ2) is 3.59. The van der Waals surface area contributed by atoms with Gasteiger partial charge in [-0.05, 0) is 0 Å². The van der Waals surface area contributed by atoms with Crippen molar-refractivity contribution >= 4 is 11.6 Å². The number of halogens is 1. The minimum Gasteiger partial charge on any atom is -0.330 e. The maximum Gasteiger partial charge on any atom is 0.325 e. The SMILES string of the molecule is CC(C)(CN)c1[nH]c(=O)[nH]c(=O)c1Cl. The van der Waals surface area contributed by atoms with Crippen molar-refractivity contribution in [2.75, 3.05) is 6.54 Å². The Balaban J connectivity index is 3.50. The minimum absolute atomic E-state index is 0.0138. The molecule has 6 heteroatoms. The Bertz CT molecular complexity index is 447. The minimum atomic E-state index is -0.591. The summed E-state index contributed by atoms with van der Waals surface area (Å²) in [5.41, 5.74) is 4.20. The van der Waals surface area contributed by atoms with E-state index in [1.54, 1.807) is 13.8 Å². The summed E-state index contributed by atoms with van der Waals surface area (Å²) < 4.78 is 0. The molecule has 5 nitrogen and oxygen atoms in total. The molecular formula is C8H12ClN3O2. The molecule has 0 unspecified atom stereocenters. The molecule has 0 saturated heterocycles. The van der Waals surface area contributed by atoms with Gasteiger partial charge in [-0.25, -0.2) is 4.79 Å². The van der Waals surface area contributed by atoms with E-state index in [1.165, 1.54) is 0 Å². The van der Waals surface area contributed by atoms with Crippen LogP contribution in [0, 0.1) is 0 Å². The van der Waals surface area contributed by atoms with Crippen LogP contribution in [0.15, 0.2) is 9.59 Å². The summed E-state index contributed by atoms with van der Waals surface area (Å²) in [4.78, 5) is 26.7. The third kappa shape index (κ3) is 1.88. The van der Waals surface area contributed by atoms with Gasteiger partial charge in [0.2, 0.25) is 0 Å². The van der Waals surface area contributed by atoms with Crippen molar-refractivity contribution < 1.29 is 0 Å². The zero-order valence-electron chi connectivity index (χ0n) is 7.98. The van der Waals surface area contributed by atoms with Gasteiger partial charge in [0.15, 0.2) is 0 Å². The van der Waals surface area contributed by atoms with E-state index in [0.717, 1.165) is 0 Å². The third-order valence-corrected chi connectivity index (χ3v) is 2.43. The second-order valence-electron chi connectivity index (χ2n) is 3.69. The number of aromatic amines is 2. The quantitative estimate of drug-likeness (QED) is 0.649. The van der Waals surface area contributed by atoms with Crippen LogP contribution in [0.5, 0.6) is 0 Å². The summed E-state index contributed by atoms with van der Waals surface area (Å²) in [6.07, 6.45) is 0. The predicted molar refractivity (Wildman–Crippen MR) is 54.8 cm³/mol. The van der Waals surface area contributed by atoms with Gasteiger partial charge in [-0.3, -0.25) is 9.78 Å². The summed E-state index contributed by atoms with van der Waals surface area (Å²) in [6.45, 7) is 3.87. The van der Waals surface area contributed by atoms with Crippen LogP contribution in [0.25, 0.3) is 0 Å². The molecule has 0 aliphatic heterocycles. The highest BCUT2D eigenvalue weighted by Gasteiger charge is 2.24. The first-order valence-corrected chi connectivity index (χ1v) is 4.49. The van der Waals surface area contributed by atoms with Gasteiger partial charge < -0.3 is 10.7 Å². The van der Waals surface area contributed by atoms with Crippen LogP contribution in [0.2, 0.25) is 5.02 Å². The first-order valence-electron chi connectivity index (χ1n) is 4.11. The number of rotatable bonds is 2. The molecule has 1 aromatic heterocycles. The van der Waals surface area contributed by atoms with Crippen LogP contribution in [0.1, 0.15) is 19.5 Å². The van der Waals surface area contributed by atoms with Gasteiger partial charge in [-0.2, -0.15) is 0 Å². The van der Waals surface area contributed by atoms with Gasteiger partial charge >= 0.3 is 5.69 Å². The molecule has 0 fully saturated rings. The molecule has 0 saturated carbocycles. The average molecular weight is 218 g/mol. The predicted octanol–water partition coefficient (Wildman–Crippen LogP) is -0.0471. The number of nitrogens with two attached hydrogens (primary N) is 1. The van der Waals surface area contributed by atoms with Crippen molar-refractivity contribution in [3.8, 4) is 0 Å². The molecule has 0 aromatic carbocycles. The Kier molecular flexibility index (Phi) is 2.82. The number of hydrogen-bond donors (Lipinski definition) is 3. The molecule has 0 radical (unpaired) electrons. The van der Waals surface area contributed by atoms with Crippen LogP contribution in [0.3, 0.4) is 0 Å². The van der Waals surface area contributed by atoms with Gasteiger partial charge in [0.25, 0.3) is 5.56 Å². The normalized spacial score (nSPS) is 11.7. The summed E-state index contributed by atoms with van der Waals surface area (Å²) in [5, 5.41) is -0.0138. The number of hydrogen-bond acceptors (Lipinski definition) is 3. The van der Waals surface area contributed by atoms with Crippen molar-refractivity contribution in [2.45, 2.75) is 19.3 Å². The Morgan fingerprint density at radius 2 is 1.93 bits per heavy atom. The number of nitrogens with one attached hydrogen (secondary N) is 2. The molecule has 0 amide bonds. The topological polar surface area (TPSA) is 91.7 Å². The first-order chi connectivity index (χ1) is 6.38. The molecular weight excluding hydrogens is 206 g/mol. The summed E-state index contributed by atoms with van der Waals surface area (Å²) in [6, 6.07) is 0. The summed E-state index contributed by atoms with van der Waals surface area (Å²) in [7, 11) is 0. The lowest BCUT2D eigenvalue weighted by atomic mass is 9.89. The molecule has 1 heterocycles. The highest BCUT2D eigenvalue weighted by molar-refractivity contribution is 6.31. The van der Waals surface area contributed by atoms with E-state index >= 15 is 0 Å². The van der Waals surface area contributed by atoms with Crippen molar-refractivity contribution in [1.29, 1.82) is 0 Å². The molecule has 14 heavy (non-hydrogen) atoms. The van der Waals surface area contributed by atoms with E-state index in [0.29, 0.717) is 5.69 Å². The van der Waals surface area contributed by atoms with E-state index in [-0.39, 0.29) is 11.6 Å². The standard InChI is InChI=1S/C8H12ClN3O2/c1-8(2,3-10)5-4(9)6(13)12-7(14)11-5/h3,10H2,1-2H3,(H2,11,12,13,14). The van der Waals surface area contributed by atoms with Crippen LogP contribution < -0.4 is 17.0 Å². The largest absolute Gasteiger partial charge is 0.330 e. The Hall–Kier alpha value is -1.07. The molecule has 0 aliphatic rings. The zero-order valence-corrected chi connectivity index (χ0v) is 8.73. The molecule has 0 spiro atoms. The lowest BCUT2D eigenvalue weighted by Crippen LogP contribution is -2.35. The van der Waals surface area contributed by atoms with Crippen molar-refractivity contribution in [3.05, 3.63) is 31.6 Å². The van der Waals surface area contributed by atoms with Gasteiger partial charge in [0, 0.05) is 12.0 Å². The number of aromatic nitrogens is 2. The maximum absolute atomic E-state index is 11.2. The average Bonchev–Trinajstić information content (AvgIpc) is 2.11. The van der Waals surface area contributed by atoms with Crippen molar-refractivity contribution in [3.63, 3.8) is 0 Å². The monoisotopic (exact) mass is 217 g/mol. The van der Waals surface area contributed by atoms with Crippen molar-refractivity contribution in [2.24, 2.45) is 5.73 Å². The van der Waals surface area contributed by atoms with Crippen LogP contribution >= 0.6 is 11.6 Å². The van der Waals surface area contributed by atoms with E-state index in [4.69, 9.17) is 17.3 Å². The second-order valence-corrected chi connectivity index (χ2v) is 4.06. The lowest BCUT2D eigenvalue weighted by Gasteiger charge is -2.22. The number of H-pyrrole nitrogens is 2. The molecule has 1 aromatic rings. The molecule has 0 atom stereocenters. The van der Waals surface area contributed by atoms with E-state index in [9.17, 15) is 9.59 Å². The molecule has 0 bridgehead atoms. The van der Waals surface area contributed by atoms with Crippen LogP contribution in [-0.4, -0.2) is 16.5 Å². The lowest BCUT2D eigenvalue weighted by molar-refractivity contribution is 0.517. The fourth-order valence-corrected chi connectivity index (χ4v) is 1.39. The Labute approximate surface area is 85.3 Å². The van der Waals surface area contributed by atoms with Gasteiger partial charge in [-0.15, -0.1) is 0 Å². The Morgan fingerprint density at radius 3 is 2.43 bits per heavy atom.